The first-order valence-electron chi connectivity index (χ1n) is 9.83. The van der Waals surface area contributed by atoms with Crippen LogP contribution in [0.4, 0.5) is 0 Å². The molecule has 2 aromatic carbocycles. The number of carbonyl (C=O) groups is 1. The van der Waals surface area contributed by atoms with Crippen molar-refractivity contribution in [3.63, 3.8) is 0 Å². The zero-order valence-electron chi connectivity index (χ0n) is 17.6. The monoisotopic (exact) mass is 450 g/mol. The smallest absolute Gasteiger partial charge is 0.338 e. The Labute approximate surface area is 184 Å². The van der Waals surface area contributed by atoms with Crippen LogP contribution >= 0.6 is 0 Å². The molecule has 174 valence electrons. The third-order valence-electron chi connectivity index (χ3n) is 5.05. The fourth-order valence-corrected chi connectivity index (χ4v) is 3.23. The predicted octanol–water partition coefficient (Wildman–Crippen LogP) is 0.239. The van der Waals surface area contributed by atoms with Gasteiger partial charge in [0.25, 0.3) is 0 Å². The average molecular weight is 450 g/mol. The lowest BCUT2D eigenvalue weighted by Gasteiger charge is -2.40. The highest BCUT2D eigenvalue weighted by molar-refractivity contribution is 5.90. The Bertz CT molecular complexity index is 917. The molecule has 0 aromatic heterocycles. The van der Waals surface area contributed by atoms with Crippen LogP contribution in [0.25, 0.3) is 0 Å². The molecule has 10 heteroatoms. The largest absolute Gasteiger partial charge is 0.493 e. The lowest BCUT2D eigenvalue weighted by molar-refractivity contribution is -0.277. The van der Waals surface area contributed by atoms with Crippen LogP contribution in [0.3, 0.4) is 0 Å². The van der Waals surface area contributed by atoms with E-state index in [4.69, 9.17) is 23.7 Å². The number of aliphatic hydroxyl groups is 4. The van der Waals surface area contributed by atoms with Crippen molar-refractivity contribution in [3.05, 3.63) is 53.6 Å². The maximum Gasteiger partial charge on any atom is 0.338 e. The second-order valence-electron chi connectivity index (χ2n) is 7.07. The number of ether oxygens (including phenoxy) is 5. The van der Waals surface area contributed by atoms with E-state index in [1.54, 1.807) is 30.3 Å². The van der Waals surface area contributed by atoms with E-state index in [-0.39, 0.29) is 17.9 Å². The summed E-state index contributed by atoms with van der Waals surface area (Å²) in [5.41, 5.74) is 0.624. The molecule has 1 aliphatic heterocycles. The van der Waals surface area contributed by atoms with Gasteiger partial charge < -0.3 is 44.1 Å². The van der Waals surface area contributed by atoms with Gasteiger partial charge in [-0.05, 0) is 24.3 Å². The number of rotatable bonds is 8. The number of para-hydroxylation sites is 1. The van der Waals surface area contributed by atoms with Gasteiger partial charge in [0.1, 0.15) is 36.8 Å². The fourth-order valence-electron chi connectivity index (χ4n) is 3.23. The van der Waals surface area contributed by atoms with E-state index in [1.165, 1.54) is 26.4 Å². The van der Waals surface area contributed by atoms with Gasteiger partial charge in [0.2, 0.25) is 6.29 Å². The molecule has 0 bridgehead atoms. The number of hydrogen-bond donors (Lipinski definition) is 4. The number of hydrogen-bond acceptors (Lipinski definition) is 10. The lowest BCUT2D eigenvalue weighted by atomic mass is 9.99. The quantitative estimate of drug-likeness (QED) is 0.413. The van der Waals surface area contributed by atoms with Crippen molar-refractivity contribution in [2.75, 3.05) is 20.8 Å². The summed E-state index contributed by atoms with van der Waals surface area (Å²) >= 11 is 0. The number of methoxy groups -OCH3 is 2. The number of carbonyl (C=O) groups excluding carboxylic acids is 1. The number of esters is 1. The van der Waals surface area contributed by atoms with E-state index in [0.29, 0.717) is 17.1 Å². The Morgan fingerprint density at radius 2 is 1.66 bits per heavy atom. The van der Waals surface area contributed by atoms with E-state index >= 15 is 0 Å². The zero-order chi connectivity index (χ0) is 23.3. The van der Waals surface area contributed by atoms with Crippen LogP contribution in [0.1, 0.15) is 15.9 Å². The van der Waals surface area contributed by atoms with Crippen LogP contribution in [0.5, 0.6) is 17.2 Å². The van der Waals surface area contributed by atoms with Gasteiger partial charge in [-0.3, -0.25) is 0 Å². The Balaban J connectivity index is 1.68. The summed E-state index contributed by atoms with van der Waals surface area (Å²) in [6, 6.07) is 11.0. The van der Waals surface area contributed by atoms with Gasteiger partial charge in [-0.25, -0.2) is 4.79 Å². The normalized spacial score (nSPS) is 25.1. The highest BCUT2D eigenvalue weighted by Gasteiger charge is 2.45. The number of aliphatic hydroxyl groups excluding tert-OH is 4. The first kappa shape index (κ1) is 23.8. The Kier molecular flexibility index (Phi) is 7.89. The maximum absolute atomic E-state index is 12.4. The molecule has 0 amide bonds. The van der Waals surface area contributed by atoms with E-state index in [2.05, 4.69) is 0 Å². The minimum Gasteiger partial charge on any atom is -0.493 e. The minimum absolute atomic E-state index is 0.179. The lowest BCUT2D eigenvalue weighted by Crippen LogP contribution is -2.60. The van der Waals surface area contributed by atoms with Crippen LogP contribution < -0.4 is 14.2 Å². The van der Waals surface area contributed by atoms with Crippen LogP contribution in [0, 0.1) is 0 Å². The third kappa shape index (κ3) is 5.12. The van der Waals surface area contributed by atoms with Gasteiger partial charge in [0, 0.05) is 5.56 Å². The summed E-state index contributed by atoms with van der Waals surface area (Å²) in [7, 11) is 2.90. The van der Waals surface area contributed by atoms with Crippen LogP contribution in [-0.2, 0) is 16.1 Å². The van der Waals surface area contributed by atoms with Crippen LogP contribution in [-0.4, -0.2) is 77.9 Å². The molecular weight excluding hydrogens is 424 g/mol. The Hall–Kier alpha value is -2.89. The molecule has 5 atom stereocenters. The maximum atomic E-state index is 12.4. The molecule has 0 radical (unpaired) electrons. The molecule has 1 saturated heterocycles. The molecular formula is C22H26O10. The standard InChI is InChI=1S/C22H26O10/c1-28-15-8-7-12(9-16(15)29-2)21(27)30-11-17-18(24)19(25)20(26)22(32-17)31-14-6-4-3-5-13(14)10-23/h3-9,17-20,22-26H,10-11H2,1-2H3. The van der Waals surface area contributed by atoms with Crippen molar-refractivity contribution in [2.24, 2.45) is 0 Å². The summed E-state index contributed by atoms with van der Waals surface area (Å²) in [6.07, 6.45) is -7.26. The summed E-state index contributed by atoms with van der Waals surface area (Å²) in [5.74, 6) is 0.301. The molecule has 1 heterocycles. The minimum atomic E-state index is -1.61. The van der Waals surface area contributed by atoms with Crippen molar-refractivity contribution in [3.8, 4) is 17.2 Å². The summed E-state index contributed by atoms with van der Waals surface area (Å²) in [6.45, 7) is -0.726. The van der Waals surface area contributed by atoms with Gasteiger partial charge in [-0.15, -0.1) is 0 Å². The molecule has 5 unspecified atom stereocenters. The van der Waals surface area contributed by atoms with Crippen LogP contribution in [0.15, 0.2) is 42.5 Å². The summed E-state index contributed by atoms with van der Waals surface area (Å²) in [4.78, 5) is 12.4. The SMILES string of the molecule is COc1ccc(C(=O)OCC2OC(Oc3ccccc3CO)C(O)C(O)C2O)cc1OC. The second kappa shape index (κ2) is 10.6. The van der Waals surface area contributed by atoms with Gasteiger partial charge in [-0.2, -0.15) is 0 Å². The van der Waals surface area contributed by atoms with E-state index in [1.807, 2.05) is 0 Å². The third-order valence-corrected chi connectivity index (χ3v) is 5.05. The van der Waals surface area contributed by atoms with Gasteiger partial charge in [0.15, 0.2) is 11.5 Å². The topological polar surface area (TPSA) is 144 Å². The summed E-state index contributed by atoms with van der Waals surface area (Å²) in [5, 5.41) is 40.2. The molecule has 1 fully saturated rings. The molecule has 2 aromatic rings. The molecule has 0 spiro atoms. The first-order chi connectivity index (χ1) is 15.4. The zero-order valence-corrected chi connectivity index (χ0v) is 17.6. The highest BCUT2D eigenvalue weighted by Crippen LogP contribution is 2.29. The van der Waals surface area contributed by atoms with Crippen molar-refractivity contribution in [1.82, 2.24) is 0 Å². The van der Waals surface area contributed by atoms with Crippen molar-refractivity contribution in [2.45, 2.75) is 37.3 Å². The molecule has 3 rings (SSSR count). The molecule has 1 aliphatic rings. The van der Waals surface area contributed by atoms with Gasteiger partial charge >= 0.3 is 5.97 Å². The van der Waals surface area contributed by atoms with E-state index in [9.17, 15) is 25.2 Å². The average Bonchev–Trinajstić information content (AvgIpc) is 2.83. The van der Waals surface area contributed by atoms with Crippen molar-refractivity contribution >= 4 is 5.97 Å². The van der Waals surface area contributed by atoms with Crippen LogP contribution in [0.2, 0.25) is 0 Å². The van der Waals surface area contributed by atoms with Gasteiger partial charge in [0.05, 0.1) is 26.4 Å². The highest BCUT2D eigenvalue weighted by atomic mass is 16.7. The fraction of sp³-hybridized carbons (Fsp3) is 0.409. The Morgan fingerprint density at radius 3 is 2.34 bits per heavy atom. The van der Waals surface area contributed by atoms with E-state index < -0.39 is 43.3 Å². The molecule has 0 saturated carbocycles. The number of benzene rings is 2. The second-order valence-corrected chi connectivity index (χ2v) is 7.07. The predicted molar refractivity (Wildman–Crippen MR) is 110 cm³/mol. The van der Waals surface area contributed by atoms with Crippen molar-refractivity contribution in [1.29, 1.82) is 0 Å². The molecule has 32 heavy (non-hydrogen) atoms. The van der Waals surface area contributed by atoms with Gasteiger partial charge in [-0.1, -0.05) is 18.2 Å². The molecule has 4 N–H and O–H groups in total. The molecule has 10 nitrogen and oxygen atoms in total. The Morgan fingerprint density at radius 1 is 0.938 bits per heavy atom. The summed E-state index contributed by atoms with van der Waals surface area (Å²) < 4.78 is 26.7. The molecule has 0 aliphatic carbocycles. The first-order valence-corrected chi connectivity index (χ1v) is 9.83. The van der Waals surface area contributed by atoms with Crippen molar-refractivity contribution < 1.29 is 48.9 Å². The van der Waals surface area contributed by atoms with E-state index in [0.717, 1.165) is 0 Å².